The molecule has 0 saturated carbocycles. The first-order chi connectivity index (χ1) is 26.3. The predicted octanol–water partition coefficient (Wildman–Crippen LogP) is 5.33. The first-order valence-electron chi connectivity index (χ1n) is 18.3. The van der Waals surface area contributed by atoms with Gasteiger partial charge in [-0.1, -0.05) is 121 Å². The molecule has 7 heteroatoms. The van der Waals surface area contributed by atoms with Crippen LogP contribution in [0, 0.1) is 0 Å². The molecule has 1 unspecified atom stereocenters. The molecule has 0 aliphatic heterocycles. The summed E-state index contributed by atoms with van der Waals surface area (Å²) in [4.78, 5) is 18.0. The van der Waals surface area contributed by atoms with Crippen LogP contribution in [0.5, 0.6) is 0 Å². The Hall–Kier alpha value is -4.78. The molecule has 2 N–H and O–H groups in total. The number of hydrogen-bond donors (Lipinski definition) is 2. The normalized spacial score (nSPS) is 13.7. The minimum Gasteiger partial charge on any atom is -0.481 e. The van der Waals surface area contributed by atoms with E-state index in [2.05, 4.69) is 176 Å². The van der Waals surface area contributed by atoms with Crippen LogP contribution >= 0.6 is 15.8 Å². The molecule has 55 heavy (non-hydrogen) atoms. The SMILES string of the molecule is C1=c2ccccc2=C(c2c([PH+](c3ccccc3)c3ccccc3)ccc3c2=CCCC=3)C([PH+](c2ccccc2)c2ccccc2)C1.CC(=O)O.CC(=O)O.[Ru]. The third-order valence-corrected chi connectivity index (χ3v) is 15.4. The molecular weight excluding hydrogens is 804 g/mol. The molecular formula is C48H46O4P2Ru+2. The van der Waals surface area contributed by atoms with Crippen LogP contribution in [0.3, 0.4) is 0 Å². The van der Waals surface area contributed by atoms with E-state index >= 15 is 0 Å². The monoisotopic (exact) mass is 850 g/mol. The van der Waals surface area contributed by atoms with Crippen LogP contribution in [-0.4, -0.2) is 27.8 Å². The number of fused-ring (bicyclic) bond motifs is 2. The van der Waals surface area contributed by atoms with Crippen molar-refractivity contribution in [1.82, 2.24) is 0 Å². The fraction of sp³-hybridized carbons (Fsp3) is 0.125. The van der Waals surface area contributed by atoms with Crippen LogP contribution in [0.2, 0.25) is 0 Å². The van der Waals surface area contributed by atoms with Crippen LogP contribution in [0.25, 0.3) is 23.8 Å². The topological polar surface area (TPSA) is 74.6 Å². The van der Waals surface area contributed by atoms with Crippen molar-refractivity contribution in [2.45, 2.75) is 38.8 Å². The minimum absolute atomic E-state index is 0. The molecule has 6 aromatic rings. The van der Waals surface area contributed by atoms with Crippen molar-refractivity contribution in [3.8, 4) is 0 Å². The summed E-state index contributed by atoms with van der Waals surface area (Å²) in [6, 6.07) is 59.4. The summed E-state index contributed by atoms with van der Waals surface area (Å²) in [5.41, 5.74) is 3.42. The number of hydrogen-bond acceptors (Lipinski definition) is 2. The average Bonchev–Trinajstić information content (AvgIpc) is 3.19. The molecule has 0 heterocycles. The van der Waals surface area contributed by atoms with Gasteiger partial charge in [-0.05, 0) is 88.3 Å². The van der Waals surface area contributed by atoms with Gasteiger partial charge in [0.25, 0.3) is 11.9 Å². The van der Waals surface area contributed by atoms with E-state index in [1.165, 1.54) is 53.0 Å². The molecule has 2 aliphatic carbocycles. The van der Waals surface area contributed by atoms with Gasteiger partial charge in [0.05, 0.1) is 26.5 Å². The van der Waals surface area contributed by atoms with Gasteiger partial charge >= 0.3 is 0 Å². The summed E-state index contributed by atoms with van der Waals surface area (Å²) in [5.74, 6) is -1.67. The van der Waals surface area contributed by atoms with Gasteiger partial charge in [0.1, 0.15) is 21.6 Å². The standard InChI is InChI=1S/C44H36P2.2C2H4O2.Ru/c1-5-19-35(20-6-1)45(36-21-7-2-8-22-36)41-31-29-33-17-13-15-27-39(33)43(41)44-40-28-16-14-18-34(40)30-32-42(44)46(37-23-9-3-10-24-37)38-25-11-4-12-26-38;2*1-2(3)4;/h1-13,15,17-30,32,41H,14,16,31H2;2*1H3,(H,3,4);/p+2. The van der Waals surface area contributed by atoms with E-state index in [0.717, 1.165) is 33.1 Å². The zero-order valence-electron chi connectivity index (χ0n) is 31.0. The Balaban J connectivity index is 0.000000591. The van der Waals surface area contributed by atoms with Crippen molar-refractivity contribution < 1.29 is 39.3 Å². The molecule has 8 rings (SSSR count). The maximum Gasteiger partial charge on any atom is 0.300 e. The smallest absolute Gasteiger partial charge is 0.300 e. The van der Waals surface area contributed by atoms with E-state index in [4.69, 9.17) is 19.8 Å². The largest absolute Gasteiger partial charge is 0.481 e. The fourth-order valence-corrected chi connectivity index (χ4v) is 13.5. The molecule has 0 saturated heterocycles. The van der Waals surface area contributed by atoms with E-state index in [-0.39, 0.29) is 19.5 Å². The third kappa shape index (κ3) is 10.3. The number of carbonyl (C=O) groups is 2. The molecule has 0 bridgehead atoms. The first-order valence-corrected chi connectivity index (χ1v) is 21.4. The van der Waals surface area contributed by atoms with Crippen molar-refractivity contribution in [2.24, 2.45) is 0 Å². The second kappa shape index (κ2) is 20.2. The summed E-state index contributed by atoms with van der Waals surface area (Å²) in [5, 5.41) is 27.8. The summed E-state index contributed by atoms with van der Waals surface area (Å²) in [6.07, 6.45) is 10.8. The number of carboxylic acid groups (broad SMARTS) is 2. The Morgan fingerprint density at radius 1 is 0.527 bits per heavy atom. The predicted molar refractivity (Wildman–Crippen MR) is 232 cm³/mol. The Morgan fingerprint density at radius 2 is 0.964 bits per heavy atom. The number of carboxylic acids is 2. The van der Waals surface area contributed by atoms with E-state index < -0.39 is 27.8 Å². The zero-order valence-corrected chi connectivity index (χ0v) is 34.7. The van der Waals surface area contributed by atoms with Crippen molar-refractivity contribution >= 4 is 78.1 Å². The molecule has 1 atom stereocenters. The number of aliphatic carboxylic acids is 2. The van der Waals surface area contributed by atoms with Gasteiger partial charge in [-0.25, -0.2) is 0 Å². The van der Waals surface area contributed by atoms with Crippen molar-refractivity contribution in [3.05, 3.63) is 184 Å². The van der Waals surface area contributed by atoms with Crippen LogP contribution in [-0.2, 0) is 29.1 Å². The van der Waals surface area contributed by atoms with Crippen LogP contribution in [0.4, 0.5) is 0 Å². The third-order valence-electron chi connectivity index (χ3n) is 9.51. The van der Waals surface area contributed by atoms with Crippen molar-refractivity contribution in [3.63, 3.8) is 0 Å². The van der Waals surface area contributed by atoms with E-state index in [9.17, 15) is 0 Å². The van der Waals surface area contributed by atoms with Gasteiger partial charge < -0.3 is 10.2 Å². The second-order valence-electron chi connectivity index (χ2n) is 13.3. The minimum atomic E-state index is -1.32. The molecule has 0 fully saturated rings. The van der Waals surface area contributed by atoms with Crippen LogP contribution < -0.4 is 47.4 Å². The average molecular weight is 850 g/mol. The molecule has 6 aromatic carbocycles. The van der Waals surface area contributed by atoms with E-state index in [1.807, 2.05) is 0 Å². The van der Waals surface area contributed by atoms with Gasteiger partial charge in [-0.3, -0.25) is 9.59 Å². The summed E-state index contributed by atoms with van der Waals surface area (Å²) >= 11 is 0. The molecule has 0 aromatic heterocycles. The van der Waals surface area contributed by atoms with Gasteiger partial charge in [0.2, 0.25) is 0 Å². The molecule has 4 nitrogen and oxygen atoms in total. The Morgan fingerprint density at radius 3 is 1.47 bits per heavy atom. The zero-order chi connectivity index (χ0) is 37.9. The van der Waals surface area contributed by atoms with Gasteiger partial charge in [-0.15, -0.1) is 0 Å². The molecule has 0 radical (unpaired) electrons. The maximum atomic E-state index is 9.00. The number of rotatable bonds is 7. The summed E-state index contributed by atoms with van der Waals surface area (Å²) in [6.45, 7) is 2.17. The van der Waals surface area contributed by atoms with Crippen LogP contribution in [0.15, 0.2) is 158 Å². The molecule has 278 valence electrons. The summed E-state index contributed by atoms with van der Waals surface area (Å²) < 4.78 is 0. The van der Waals surface area contributed by atoms with Crippen LogP contribution in [0.1, 0.15) is 38.7 Å². The molecule has 0 amide bonds. The Bertz CT molecular complexity index is 2360. The fourth-order valence-electron chi connectivity index (χ4n) is 7.53. The van der Waals surface area contributed by atoms with E-state index in [1.54, 1.807) is 5.57 Å². The molecule has 2 aliphatic rings. The van der Waals surface area contributed by atoms with Gasteiger partial charge in [-0.2, -0.15) is 0 Å². The maximum absolute atomic E-state index is 9.00. The van der Waals surface area contributed by atoms with Gasteiger partial charge in [0.15, 0.2) is 0 Å². The second-order valence-corrected chi connectivity index (χ2v) is 18.4. The first kappa shape index (κ1) is 41.4. The van der Waals surface area contributed by atoms with Crippen molar-refractivity contribution in [2.75, 3.05) is 0 Å². The Kier molecular flexibility index (Phi) is 15.2. The number of benzene rings is 6. The van der Waals surface area contributed by atoms with Crippen molar-refractivity contribution in [1.29, 1.82) is 0 Å². The Labute approximate surface area is 338 Å². The van der Waals surface area contributed by atoms with Gasteiger partial charge in [0, 0.05) is 50.9 Å². The summed E-state index contributed by atoms with van der Waals surface area (Å²) in [7, 11) is -2.53. The molecule has 0 spiro atoms. The van der Waals surface area contributed by atoms with E-state index in [0.29, 0.717) is 5.66 Å². The quantitative estimate of drug-likeness (QED) is 0.169.